The largest absolute Gasteiger partial charge is 0.256 e. The molecular formula is C21H23NSi. The fraction of sp³-hybridized carbons (Fsp3) is 0.190. The van der Waals surface area contributed by atoms with Gasteiger partial charge in [0.2, 0.25) is 0 Å². The Bertz CT molecular complexity index is 817. The average molecular weight is 318 g/mol. The molecule has 0 fully saturated rings. The first-order valence-corrected chi connectivity index (χ1v) is 11.6. The van der Waals surface area contributed by atoms with Gasteiger partial charge in [0.15, 0.2) is 0 Å². The van der Waals surface area contributed by atoms with Crippen molar-refractivity contribution in [1.29, 1.82) is 0 Å². The minimum Gasteiger partial charge on any atom is -0.256 e. The predicted octanol–water partition coefficient (Wildman–Crippen LogP) is 5.27. The minimum atomic E-state index is -1.42. The molecule has 0 N–H and O–H groups in total. The molecule has 116 valence electrons. The Morgan fingerprint density at radius 3 is 2.17 bits per heavy atom. The fourth-order valence-corrected chi connectivity index (χ4v) is 4.62. The highest BCUT2D eigenvalue weighted by atomic mass is 28.3. The Labute approximate surface area is 140 Å². The first-order valence-electron chi connectivity index (χ1n) is 8.09. The molecule has 2 heteroatoms. The summed E-state index contributed by atoms with van der Waals surface area (Å²) in [4.78, 5) is 4.58. The van der Waals surface area contributed by atoms with Crippen molar-refractivity contribution >= 4 is 13.3 Å². The van der Waals surface area contributed by atoms with Gasteiger partial charge in [0.05, 0.1) is 13.8 Å². The summed E-state index contributed by atoms with van der Waals surface area (Å²) in [6.45, 7) is 9.35. The fourth-order valence-electron chi connectivity index (χ4n) is 3.00. The van der Waals surface area contributed by atoms with Crippen LogP contribution in [0, 0.1) is 6.92 Å². The van der Waals surface area contributed by atoms with Gasteiger partial charge in [-0.05, 0) is 36.2 Å². The highest BCUT2D eigenvalue weighted by Crippen LogP contribution is 2.32. The van der Waals surface area contributed by atoms with Crippen LogP contribution in [-0.2, 0) is 0 Å². The van der Waals surface area contributed by atoms with Crippen LogP contribution in [0.5, 0.6) is 0 Å². The molecule has 0 radical (unpaired) electrons. The molecule has 23 heavy (non-hydrogen) atoms. The highest BCUT2D eigenvalue weighted by Gasteiger charge is 2.21. The topological polar surface area (TPSA) is 12.9 Å². The Morgan fingerprint density at radius 2 is 1.48 bits per heavy atom. The van der Waals surface area contributed by atoms with E-state index in [1.165, 1.54) is 27.4 Å². The maximum Gasteiger partial charge on any atom is 0.0784 e. The number of nitrogens with zero attached hydrogens (tertiary/aromatic N) is 1. The molecule has 0 aliphatic rings. The van der Waals surface area contributed by atoms with Crippen molar-refractivity contribution in [2.45, 2.75) is 26.6 Å². The van der Waals surface area contributed by atoms with Crippen LogP contribution in [0.25, 0.3) is 22.4 Å². The lowest BCUT2D eigenvalue weighted by Gasteiger charge is -2.22. The van der Waals surface area contributed by atoms with Gasteiger partial charge in [-0.1, -0.05) is 72.9 Å². The Kier molecular flexibility index (Phi) is 4.18. The summed E-state index contributed by atoms with van der Waals surface area (Å²) in [7, 11) is -1.42. The standard InChI is InChI=1S/C21H23NSi/c1-16-12-13-17(19(15-16)20-10-7-8-14-22-20)18-9-5-6-11-21(18)23(2,3)4/h5-15H,1-4H3. The van der Waals surface area contributed by atoms with Crippen LogP contribution in [0.2, 0.25) is 19.6 Å². The van der Waals surface area contributed by atoms with Crippen molar-refractivity contribution in [2.24, 2.45) is 0 Å². The quantitative estimate of drug-likeness (QED) is 0.600. The van der Waals surface area contributed by atoms with Gasteiger partial charge in [0.1, 0.15) is 0 Å². The second-order valence-corrected chi connectivity index (χ2v) is 12.1. The van der Waals surface area contributed by atoms with E-state index in [-0.39, 0.29) is 0 Å². The van der Waals surface area contributed by atoms with Gasteiger partial charge in [-0.25, -0.2) is 0 Å². The zero-order valence-electron chi connectivity index (χ0n) is 14.3. The maximum absolute atomic E-state index is 4.58. The highest BCUT2D eigenvalue weighted by molar-refractivity contribution is 6.89. The molecule has 0 bridgehead atoms. The zero-order chi connectivity index (χ0) is 16.4. The van der Waals surface area contributed by atoms with Gasteiger partial charge in [-0.3, -0.25) is 4.98 Å². The second-order valence-electron chi connectivity index (χ2n) is 7.06. The van der Waals surface area contributed by atoms with Crippen molar-refractivity contribution in [2.75, 3.05) is 0 Å². The van der Waals surface area contributed by atoms with E-state index < -0.39 is 8.07 Å². The van der Waals surface area contributed by atoms with Crippen molar-refractivity contribution in [3.8, 4) is 22.4 Å². The summed E-state index contributed by atoms with van der Waals surface area (Å²) < 4.78 is 0. The molecule has 1 heterocycles. The van der Waals surface area contributed by atoms with Crippen LogP contribution in [0.4, 0.5) is 0 Å². The molecular weight excluding hydrogens is 294 g/mol. The molecule has 3 aromatic rings. The molecule has 0 amide bonds. The monoisotopic (exact) mass is 317 g/mol. The lowest BCUT2D eigenvalue weighted by Crippen LogP contribution is -2.38. The lowest BCUT2D eigenvalue weighted by atomic mass is 9.95. The minimum absolute atomic E-state index is 1.04. The number of hydrogen-bond acceptors (Lipinski definition) is 1. The molecule has 0 saturated heterocycles. The third-order valence-electron chi connectivity index (χ3n) is 4.14. The van der Waals surface area contributed by atoms with Gasteiger partial charge in [-0.2, -0.15) is 0 Å². The normalized spacial score (nSPS) is 11.5. The van der Waals surface area contributed by atoms with E-state index in [0.29, 0.717) is 0 Å². The number of hydrogen-bond donors (Lipinski definition) is 0. The summed E-state index contributed by atoms with van der Waals surface area (Å²) in [5.41, 5.74) is 6.16. The molecule has 0 spiro atoms. The zero-order valence-corrected chi connectivity index (χ0v) is 15.3. The van der Waals surface area contributed by atoms with Crippen LogP contribution in [-0.4, -0.2) is 13.1 Å². The van der Waals surface area contributed by atoms with Crippen LogP contribution >= 0.6 is 0 Å². The Hall–Kier alpha value is -2.19. The maximum atomic E-state index is 4.58. The van der Waals surface area contributed by atoms with Gasteiger partial charge >= 0.3 is 0 Å². The van der Waals surface area contributed by atoms with Crippen molar-refractivity contribution in [3.63, 3.8) is 0 Å². The van der Waals surface area contributed by atoms with E-state index >= 15 is 0 Å². The van der Waals surface area contributed by atoms with Crippen molar-refractivity contribution in [3.05, 3.63) is 72.4 Å². The van der Waals surface area contributed by atoms with E-state index in [2.05, 4.69) is 86.1 Å². The molecule has 0 aliphatic heterocycles. The van der Waals surface area contributed by atoms with E-state index in [0.717, 1.165) is 5.69 Å². The number of aromatic nitrogens is 1. The summed E-state index contributed by atoms with van der Waals surface area (Å²) in [6.07, 6.45) is 1.87. The van der Waals surface area contributed by atoms with Gasteiger partial charge in [-0.15, -0.1) is 0 Å². The van der Waals surface area contributed by atoms with E-state index in [1.807, 2.05) is 12.3 Å². The summed E-state index contributed by atoms with van der Waals surface area (Å²) in [6, 6.07) is 21.7. The third kappa shape index (κ3) is 3.27. The molecule has 0 unspecified atom stereocenters. The molecule has 3 rings (SSSR count). The smallest absolute Gasteiger partial charge is 0.0784 e. The summed E-state index contributed by atoms with van der Waals surface area (Å²) in [5.74, 6) is 0. The van der Waals surface area contributed by atoms with Crippen LogP contribution < -0.4 is 5.19 Å². The van der Waals surface area contributed by atoms with Gasteiger partial charge < -0.3 is 0 Å². The number of benzene rings is 2. The molecule has 0 aliphatic carbocycles. The Balaban J connectivity index is 2.27. The van der Waals surface area contributed by atoms with E-state index in [4.69, 9.17) is 0 Å². The molecule has 0 saturated carbocycles. The van der Waals surface area contributed by atoms with Crippen LogP contribution in [0.15, 0.2) is 66.9 Å². The van der Waals surface area contributed by atoms with Crippen molar-refractivity contribution < 1.29 is 0 Å². The van der Waals surface area contributed by atoms with E-state index in [9.17, 15) is 0 Å². The van der Waals surface area contributed by atoms with Gasteiger partial charge in [0.25, 0.3) is 0 Å². The summed E-state index contributed by atoms with van der Waals surface area (Å²) in [5, 5.41) is 1.50. The predicted molar refractivity (Wildman–Crippen MR) is 103 cm³/mol. The molecule has 0 atom stereocenters. The first-order chi connectivity index (χ1) is 11.0. The van der Waals surface area contributed by atoms with E-state index in [1.54, 1.807) is 0 Å². The molecule has 1 nitrogen and oxygen atoms in total. The van der Waals surface area contributed by atoms with Crippen molar-refractivity contribution in [1.82, 2.24) is 4.98 Å². The lowest BCUT2D eigenvalue weighted by molar-refractivity contribution is 1.32. The second kappa shape index (κ2) is 6.13. The molecule has 1 aromatic heterocycles. The average Bonchev–Trinajstić information content (AvgIpc) is 2.55. The SMILES string of the molecule is Cc1ccc(-c2ccccc2[Si](C)(C)C)c(-c2ccccn2)c1. The number of pyridine rings is 1. The number of rotatable bonds is 3. The van der Waals surface area contributed by atoms with Crippen LogP contribution in [0.3, 0.4) is 0 Å². The van der Waals surface area contributed by atoms with Gasteiger partial charge in [0, 0.05) is 11.8 Å². The third-order valence-corrected chi connectivity index (χ3v) is 6.19. The first kappa shape index (κ1) is 15.7. The summed E-state index contributed by atoms with van der Waals surface area (Å²) >= 11 is 0. The van der Waals surface area contributed by atoms with Crippen LogP contribution in [0.1, 0.15) is 5.56 Å². The molecule has 2 aromatic carbocycles. The Morgan fingerprint density at radius 1 is 0.739 bits per heavy atom. The number of aryl methyl sites for hydroxylation is 1.